The van der Waals surface area contributed by atoms with Gasteiger partial charge < -0.3 is 9.84 Å². The van der Waals surface area contributed by atoms with E-state index in [9.17, 15) is 0 Å². The Hall–Kier alpha value is -1.46. The first-order valence-electron chi connectivity index (χ1n) is 5.03. The van der Waals surface area contributed by atoms with Crippen molar-refractivity contribution in [1.82, 2.24) is 0 Å². The lowest BCUT2D eigenvalue weighted by atomic mass is 10.1. The zero-order valence-corrected chi connectivity index (χ0v) is 8.94. The van der Waals surface area contributed by atoms with E-state index >= 15 is 0 Å². The molecule has 2 nitrogen and oxygen atoms in total. The fourth-order valence-electron chi connectivity index (χ4n) is 1.38. The van der Waals surface area contributed by atoms with Crippen LogP contribution in [0, 0.1) is 12.3 Å². The molecule has 15 heavy (non-hydrogen) atoms. The second-order valence-electron chi connectivity index (χ2n) is 3.42. The standard InChI is InChI=1S/C13H16O2/c1-3-12(14)6-4-5-11-7-9-13(15-2)10-8-11/h1,7-10,12,14H,4-6H2,2H3. The Morgan fingerprint density at radius 2 is 2.07 bits per heavy atom. The quantitative estimate of drug-likeness (QED) is 0.743. The summed E-state index contributed by atoms with van der Waals surface area (Å²) < 4.78 is 5.06. The molecule has 1 unspecified atom stereocenters. The predicted octanol–water partition coefficient (Wildman–Crippen LogP) is 2.01. The molecule has 1 aromatic carbocycles. The van der Waals surface area contributed by atoms with Crippen LogP contribution < -0.4 is 4.74 Å². The summed E-state index contributed by atoms with van der Waals surface area (Å²) in [5.74, 6) is 3.17. The van der Waals surface area contributed by atoms with Crippen LogP contribution in [0.5, 0.6) is 5.75 Å². The first-order chi connectivity index (χ1) is 7.26. The van der Waals surface area contributed by atoms with Gasteiger partial charge in [0.25, 0.3) is 0 Å². The van der Waals surface area contributed by atoms with Crippen LogP contribution in [0.4, 0.5) is 0 Å². The van der Waals surface area contributed by atoms with Gasteiger partial charge >= 0.3 is 0 Å². The molecule has 0 amide bonds. The highest BCUT2D eigenvalue weighted by molar-refractivity contribution is 5.27. The summed E-state index contributed by atoms with van der Waals surface area (Å²) >= 11 is 0. The van der Waals surface area contributed by atoms with E-state index in [-0.39, 0.29) is 0 Å². The first-order valence-corrected chi connectivity index (χ1v) is 5.03. The first kappa shape index (κ1) is 11.6. The molecule has 1 atom stereocenters. The zero-order chi connectivity index (χ0) is 11.1. The lowest BCUT2D eigenvalue weighted by molar-refractivity contribution is 0.219. The number of benzene rings is 1. The second-order valence-corrected chi connectivity index (χ2v) is 3.42. The van der Waals surface area contributed by atoms with Crippen LogP contribution in [0.3, 0.4) is 0 Å². The summed E-state index contributed by atoms with van der Waals surface area (Å²) in [6.07, 6.45) is 6.95. The second kappa shape index (κ2) is 6.10. The number of hydrogen-bond donors (Lipinski definition) is 1. The zero-order valence-electron chi connectivity index (χ0n) is 8.94. The van der Waals surface area contributed by atoms with Crippen LogP contribution in [-0.2, 0) is 6.42 Å². The molecule has 0 aliphatic rings. The van der Waals surface area contributed by atoms with E-state index in [1.54, 1.807) is 7.11 Å². The molecular weight excluding hydrogens is 188 g/mol. The van der Waals surface area contributed by atoms with Crippen LogP contribution in [0.1, 0.15) is 18.4 Å². The molecule has 1 rings (SSSR count). The smallest absolute Gasteiger partial charge is 0.118 e. The SMILES string of the molecule is C#CC(O)CCCc1ccc(OC)cc1. The Kier molecular flexibility index (Phi) is 4.73. The minimum atomic E-state index is -0.608. The van der Waals surface area contributed by atoms with Gasteiger partial charge in [-0.2, -0.15) is 0 Å². The Morgan fingerprint density at radius 3 is 2.60 bits per heavy atom. The van der Waals surface area contributed by atoms with Crippen molar-refractivity contribution >= 4 is 0 Å². The van der Waals surface area contributed by atoms with Gasteiger partial charge in [0.2, 0.25) is 0 Å². The number of hydrogen-bond acceptors (Lipinski definition) is 2. The van der Waals surface area contributed by atoms with E-state index in [1.165, 1.54) is 5.56 Å². The van der Waals surface area contributed by atoms with Crippen molar-refractivity contribution in [2.24, 2.45) is 0 Å². The van der Waals surface area contributed by atoms with Gasteiger partial charge in [0.05, 0.1) is 7.11 Å². The maximum absolute atomic E-state index is 9.16. The van der Waals surface area contributed by atoms with Gasteiger partial charge in [0.15, 0.2) is 0 Å². The average molecular weight is 204 g/mol. The van der Waals surface area contributed by atoms with E-state index < -0.39 is 6.10 Å². The Balaban J connectivity index is 2.35. The summed E-state index contributed by atoms with van der Waals surface area (Å²) in [4.78, 5) is 0. The molecule has 0 aromatic heterocycles. The van der Waals surface area contributed by atoms with Crippen LogP contribution in [-0.4, -0.2) is 18.3 Å². The van der Waals surface area contributed by atoms with Crippen LogP contribution in [0.2, 0.25) is 0 Å². The van der Waals surface area contributed by atoms with E-state index in [2.05, 4.69) is 5.92 Å². The maximum Gasteiger partial charge on any atom is 0.118 e. The molecule has 0 spiro atoms. The molecule has 0 aliphatic carbocycles. The Morgan fingerprint density at radius 1 is 1.40 bits per heavy atom. The highest BCUT2D eigenvalue weighted by Crippen LogP contribution is 2.13. The molecule has 0 radical (unpaired) electrons. The molecule has 0 aliphatic heterocycles. The minimum Gasteiger partial charge on any atom is -0.497 e. The van der Waals surface area contributed by atoms with Gasteiger partial charge in [0, 0.05) is 0 Å². The summed E-state index contributed by atoms with van der Waals surface area (Å²) in [5, 5.41) is 9.16. The predicted molar refractivity (Wildman–Crippen MR) is 60.8 cm³/mol. The van der Waals surface area contributed by atoms with Gasteiger partial charge in [-0.1, -0.05) is 18.1 Å². The van der Waals surface area contributed by atoms with Crippen molar-refractivity contribution < 1.29 is 9.84 Å². The van der Waals surface area contributed by atoms with Crippen molar-refractivity contribution in [2.45, 2.75) is 25.4 Å². The summed E-state index contributed by atoms with van der Waals surface area (Å²) in [7, 11) is 1.65. The van der Waals surface area contributed by atoms with Crippen molar-refractivity contribution in [2.75, 3.05) is 7.11 Å². The van der Waals surface area contributed by atoms with Gasteiger partial charge in [-0.25, -0.2) is 0 Å². The Bertz CT molecular complexity index is 321. The molecule has 0 saturated carbocycles. The summed E-state index contributed by atoms with van der Waals surface area (Å²) in [6, 6.07) is 7.93. The fourth-order valence-corrected chi connectivity index (χ4v) is 1.38. The number of methoxy groups -OCH3 is 1. The molecule has 1 aromatic rings. The van der Waals surface area contributed by atoms with Crippen molar-refractivity contribution in [3.63, 3.8) is 0 Å². The number of ether oxygens (including phenoxy) is 1. The normalized spacial score (nSPS) is 11.8. The van der Waals surface area contributed by atoms with Gasteiger partial charge in [-0.3, -0.25) is 0 Å². The van der Waals surface area contributed by atoms with Crippen molar-refractivity contribution in [3.8, 4) is 18.1 Å². The third kappa shape index (κ3) is 4.05. The van der Waals surface area contributed by atoms with E-state index in [0.29, 0.717) is 6.42 Å². The molecule has 0 saturated heterocycles. The average Bonchev–Trinajstić information content (AvgIpc) is 2.29. The van der Waals surface area contributed by atoms with Crippen molar-refractivity contribution in [3.05, 3.63) is 29.8 Å². The molecule has 0 bridgehead atoms. The number of terminal acetylenes is 1. The molecule has 2 heteroatoms. The van der Waals surface area contributed by atoms with Crippen LogP contribution in [0.15, 0.2) is 24.3 Å². The van der Waals surface area contributed by atoms with Gasteiger partial charge in [-0.05, 0) is 37.0 Å². The topological polar surface area (TPSA) is 29.5 Å². The van der Waals surface area contributed by atoms with Gasteiger partial charge in [-0.15, -0.1) is 6.42 Å². The fraction of sp³-hybridized carbons (Fsp3) is 0.385. The number of aryl methyl sites for hydroxylation is 1. The van der Waals surface area contributed by atoms with E-state index in [0.717, 1.165) is 18.6 Å². The third-order valence-corrected chi connectivity index (χ3v) is 2.29. The molecule has 1 N–H and O–H groups in total. The number of aliphatic hydroxyl groups excluding tert-OH is 1. The molecule has 0 fully saturated rings. The monoisotopic (exact) mass is 204 g/mol. The summed E-state index contributed by atoms with van der Waals surface area (Å²) in [5.41, 5.74) is 1.24. The largest absolute Gasteiger partial charge is 0.497 e. The summed E-state index contributed by atoms with van der Waals surface area (Å²) in [6.45, 7) is 0. The highest BCUT2D eigenvalue weighted by atomic mass is 16.5. The van der Waals surface area contributed by atoms with Crippen molar-refractivity contribution in [1.29, 1.82) is 0 Å². The van der Waals surface area contributed by atoms with Crippen LogP contribution >= 0.6 is 0 Å². The van der Waals surface area contributed by atoms with Crippen LogP contribution in [0.25, 0.3) is 0 Å². The van der Waals surface area contributed by atoms with Gasteiger partial charge in [0.1, 0.15) is 11.9 Å². The van der Waals surface area contributed by atoms with E-state index in [1.807, 2.05) is 24.3 Å². The molecular formula is C13H16O2. The Labute approximate surface area is 90.9 Å². The van der Waals surface area contributed by atoms with E-state index in [4.69, 9.17) is 16.3 Å². The molecule has 80 valence electrons. The maximum atomic E-state index is 9.16. The molecule has 0 heterocycles. The lowest BCUT2D eigenvalue weighted by Gasteiger charge is -2.04. The third-order valence-electron chi connectivity index (χ3n) is 2.29. The lowest BCUT2D eigenvalue weighted by Crippen LogP contribution is -2.02. The highest BCUT2D eigenvalue weighted by Gasteiger charge is 1.99. The minimum absolute atomic E-state index is 0.608. The number of aliphatic hydroxyl groups is 1. The number of rotatable bonds is 5.